The molecule has 1 aromatic rings. The lowest BCUT2D eigenvalue weighted by molar-refractivity contribution is 0.0433. The van der Waals surface area contributed by atoms with Gasteiger partial charge in [-0.1, -0.05) is 0 Å². The maximum absolute atomic E-state index is 12.1. The zero-order chi connectivity index (χ0) is 13.7. The molecule has 5 heteroatoms. The van der Waals surface area contributed by atoms with Gasteiger partial charge < -0.3 is 14.6 Å². The molecule has 18 heavy (non-hydrogen) atoms. The van der Waals surface area contributed by atoms with E-state index in [2.05, 4.69) is 4.98 Å². The molecule has 0 radical (unpaired) electrons. The fourth-order valence-corrected chi connectivity index (χ4v) is 1.81. The third kappa shape index (κ3) is 4.00. The average Bonchev–Trinajstić information content (AvgIpc) is 2.26. The Morgan fingerprint density at radius 3 is 2.72 bits per heavy atom. The van der Waals surface area contributed by atoms with Crippen molar-refractivity contribution in [1.82, 2.24) is 9.88 Å². The maximum Gasteiger partial charge on any atom is 0.270 e. The van der Waals surface area contributed by atoms with Crippen molar-refractivity contribution in [1.29, 1.82) is 0 Å². The second-order valence-corrected chi connectivity index (χ2v) is 4.36. The number of carbonyl (C=O) groups is 1. The molecule has 1 rings (SSSR count). The predicted molar refractivity (Wildman–Crippen MR) is 69.8 cm³/mol. The van der Waals surface area contributed by atoms with Gasteiger partial charge in [-0.05, 0) is 20.8 Å². The van der Waals surface area contributed by atoms with E-state index in [9.17, 15) is 9.59 Å². The van der Waals surface area contributed by atoms with Gasteiger partial charge >= 0.3 is 0 Å². The Morgan fingerprint density at radius 2 is 2.17 bits per heavy atom. The van der Waals surface area contributed by atoms with E-state index in [1.165, 1.54) is 12.1 Å². The number of aromatic nitrogens is 1. The first-order valence-electron chi connectivity index (χ1n) is 6.02. The summed E-state index contributed by atoms with van der Waals surface area (Å²) in [5.74, 6) is -0.206. The molecule has 0 spiro atoms. The summed E-state index contributed by atoms with van der Waals surface area (Å²) in [5, 5.41) is 0. The van der Waals surface area contributed by atoms with Crippen molar-refractivity contribution in [2.45, 2.75) is 26.9 Å². The molecule has 1 N–H and O–H groups in total. The molecule has 0 aromatic carbocycles. The minimum Gasteiger partial charge on any atom is -0.377 e. The molecule has 0 saturated carbocycles. The Balaban J connectivity index is 2.77. The average molecular weight is 252 g/mol. The van der Waals surface area contributed by atoms with Crippen molar-refractivity contribution >= 4 is 5.91 Å². The number of H-pyrrole nitrogens is 1. The highest BCUT2D eigenvalue weighted by Crippen LogP contribution is 2.02. The molecule has 0 aliphatic rings. The zero-order valence-corrected chi connectivity index (χ0v) is 11.3. The van der Waals surface area contributed by atoms with E-state index >= 15 is 0 Å². The number of amides is 1. The number of ether oxygens (including phenoxy) is 1. The molecule has 0 aliphatic heterocycles. The van der Waals surface area contributed by atoms with E-state index in [0.29, 0.717) is 24.5 Å². The van der Waals surface area contributed by atoms with Crippen LogP contribution < -0.4 is 5.43 Å². The van der Waals surface area contributed by atoms with Crippen LogP contribution in [-0.4, -0.2) is 42.1 Å². The van der Waals surface area contributed by atoms with Gasteiger partial charge in [-0.15, -0.1) is 0 Å². The van der Waals surface area contributed by atoms with Gasteiger partial charge in [0.1, 0.15) is 5.69 Å². The van der Waals surface area contributed by atoms with Gasteiger partial charge in [-0.2, -0.15) is 0 Å². The number of hydrogen-bond donors (Lipinski definition) is 1. The van der Waals surface area contributed by atoms with Crippen LogP contribution in [0.1, 0.15) is 30.0 Å². The maximum atomic E-state index is 12.1. The van der Waals surface area contributed by atoms with Crippen molar-refractivity contribution in [3.8, 4) is 0 Å². The molecule has 0 unspecified atom stereocenters. The number of aromatic amines is 1. The molecule has 5 nitrogen and oxygen atoms in total. The summed E-state index contributed by atoms with van der Waals surface area (Å²) in [6, 6.07) is 2.77. The van der Waals surface area contributed by atoms with Gasteiger partial charge in [-0.3, -0.25) is 9.59 Å². The number of carbonyl (C=O) groups excluding carboxylic acids is 1. The van der Waals surface area contributed by atoms with Gasteiger partial charge in [0.2, 0.25) is 0 Å². The van der Waals surface area contributed by atoms with E-state index in [-0.39, 0.29) is 17.4 Å². The van der Waals surface area contributed by atoms with Gasteiger partial charge in [0.05, 0.1) is 6.10 Å². The van der Waals surface area contributed by atoms with E-state index in [4.69, 9.17) is 4.74 Å². The molecular formula is C13H20N2O3. The van der Waals surface area contributed by atoms with Crippen LogP contribution in [0.5, 0.6) is 0 Å². The number of likely N-dealkylation sites (N-methyl/N-ethyl adjacent to an activating group) is 1. The van der Waals surface area contributed by atoms with Crippen molar-refractivity contribution in [2.24, 2.45) is 0 Å². The Kier molecular flexibility index (Phi) is 5.09. The highest BCUT2D eigenvalue weighted by molar-refractivity contribution is 5.92. The summed E-state index contributed by atoms with van der Waals surface area (Å²) in [5.41, 5.74) is 0.823. The monoisotopic (exact) mass is 252 g/mol. The minimum atomic E-state index is -0.206. The largest absolute Gasteiger partial charge is 0.377 e. The quantitative estimate of drug-likeness (QED) is 0.856. The SMILES string of the molecule is CCO[C@@H](C)CN(C)C(=O)c1cc(=O)cc(C)[nH]1. The van der Waals surface area contributed by atoms with Crippen LogP contribution >= 0.6 is 0 Å². The van der Waals surface area contributed by atoms with Crippen molar-refractivity contribution in [3.05, 3.63) is 33.7 Å². The van der Waals surface area contributed by atoms with Gasteiger partial charge in [0.15, 0.2) is 5.43 Å². The van der Waals surface area contributed by atoms with Gasteiger partial charge in [0.25, 0.3) is 5.91 Å². The van der Waals surface area contributed by atoms with Crippen molar-refractivity contribution in [2.75, 3.05) is 20.2 Å². The van der Waals surface area contributed by atoms with Crippen LogP contribution in [0, 0.1) is 6.92 Å². The first-order valence-corrected chi connectivity index (χ1v) is 6.02. The lowest BCUT2D eigenvalue weighted by Crippen LogP contribution is -2.35. The predicted octanol–water partition coefficient (Wildman–Crippen LogP) is 1.18. The molecule has 0 fully saturated rings. The fraction of sp³-hybridized carbons (Fsp3) is 0.538. The Morgan fingerprint density at radius 1 is 1.50 bits per heavy atom. The minimum absolute atomic E-state index is 0.0273. The van der Waals surface area contributed by atoms with E-state index in [1.54, 1.807) is 18.9 Å². The number of rotatable bonds is 5. The Hall–Kier alpha value is -1.62. The molecular weight excluding hydrogens is 232 g/mol. The van der Waals surface area contributed by atoms with E-state index in [0.717, 1.165) is 0 Å². The lowest BCUT2D eigenvalue weighted by atomic mass is 10.2. The Bertz CT molecular complexity index is 468. The van der Waals surface area contributed by atoms with Crippen LogP contribution in [0.15, 0.2) is 16.9 Å². The zero-order valence-electron chi connectivity index (χ0n) is 11.3. The highest BCUT2D eigenvalue weighted by atomic mass is 16.5. The number of pyridine rings is 1. The summed E-state index contributed by atoms with van der Waals surface area (Å²) in [6.45, 7) is 6.68. The summed E-state index contributed by atoms with van der Waals surface area (Å²) < 4.78 is 5.38. The number of hydrogen-bond acceptors (Lipinski definition) is 3. The molecule has 100 valence electrons. The first-order chi connectivity index (χ1) is 8.43. The molecule has 1 heterocycles. The van der Waals surface area contributed by atoms with Crippen molar-refractivity contribution in [3.63, 3.8) is 0 Å². The second kappa shape index (κ2) is 6.35. The topological polar surface area (TPSA) is 62.4 Å². The molecule has 1 atom stereocenters. The summed E-state index contributed by atoms with van der Waals surface area (Å²) >= 11 is 0. The van der Waals surface area contributed by atoms with Crippen LogP contribution in [0.2, 0.25) is 0 Å². The standard InChI is InChI=1S/C13H20N2O3/c1-5-18-10(3)8-15(4)13(17)12-7-11(16)6-9(2)14-12/h6-7,10H,5,8H2,1-4H3,(H,14,16)/t10-/m0/s1. The fourth-order valence-electron chi connectivity index (χ4n) is 1.81. The molecule has 1 amide bonds. The summed E-state index contributed by atoms with van der Waals surface area (Å²) in [6.07, 6.45) is -0.0273. The van der Waals surface area contributed by atoms with Crippen molar-refractivity contribution < 1.29 is 9.53 Å². The molecule has 0 saturated heterocycles. The highest BCUT2D eigenvalue weighted by Gasteiger charge is 2.15. The second-order valence-electron chi connectivity index (χ2n) is 4.36. The molecule has 0 bridgehead atoms. The van der Waals surface area contributed by atoms with E-state index in [1.807, 2.05) is 13.8 Å². The Labute approximate surface area is 107 Å². The molecule has 0 aliphatic carbocycles. The summed E-state index contributed by atoms with van der Waals surface area (Å²) in [7, 11) is 1.69. The van der Waals surface area contributed by atoms with Crippen LogP contribution in [0.25, 0.3) is 0 Å². The van der Waals surface area contributed by atoms with Crippen LogP contribution in [0.4, 0.5) is 0 Å². The van der Waals surface area contributed by atoms with Gasteiger partial charge in [0, 0.05) is 38.0 Å². The third-order valence-corrected chi connectivity index (χ3v) is 2.54. The number of nitrogens with zero attached hydrogens (tertiary/aromatic N) is 1. The van der Waals surface area contributed by atoms with E-state index < -0.39 is 0 Å². The molecule has 1 aromatic heterocycles. The smallest absolute Gasteiger partial charge is 0.270 e. The first kappa shape index (κ1) is 14.4. The number of nitrogens with one attached hydrogen (secondary N) is 1. The summed E-state index contributed by atoms with van der Waals surface area (Å²) in [4.78, 5) is 27.9. The number of aryl methyl sites for hydroxylation is 1. The van der Waals surface area contributed by atoms with Crippen LogP contribution in [0.3, 0.4) is 0 Å². The normalized spacial score (nSPS) is 12.2. The lowest BCUT2D eigenvalue weighted by Gasteiger charge is -2.21. The van der Waals surface area contributed by atoms with Gasteiger partial charge in [-0.25, -0.2) is 0 Å². The third-order valence-electron chi connectivity index (χ3n) is 2.54. The van der Waals surface area contributed by atoms with Crippen LogP contribution in [-0.2, 0) is 4.74 Å².